The smallest absolute Gasteiger partial charge is 0.328 e. The van der Waals surface area contributed by atoms with Gasteiger partial charge in [0.15, 0.2) is 0 Å². The van der Waals surface area contributed by atoms with Gasteiger partial charge in [-0.15, -0.1) is 0 Å². The van der Waals surface area contributed by atoms with E-state index in [2.05, 4.69) is 21.2 Å². The quantitative estimate of drug-likeness (QED) is 0.741. The van der Waals surface area contributed by atoms with Gasteiger partial charge in [0.1, 0.15) is 6.04 Å². The van der Waals surface area contributed by atoms with E-state index in [4.69, 9.17) is 16.3 Å². The highest BCUT2D eigenvalue weighted by atomic mass is 79.9. The normalized spacial score (nSPS) is 11.6. The molecule has 1 atom stereocenters. The number of carbonyl (C=O) groups is 2. The van der Waals surface area contributed by atoms with Crippen LogP contribution in [-0.4, -0.2) is 25.0 Å². The summed E-state index contributed by atoms with van der Waals surface area (Å²) in [5, 5.41) is 3.30. The fraction of sp³-hybridized carbons (Fsp3) is 0.222. The summed E-state index contributed by atoms with van der Waals surface area (Å²) in [6.07, 6.45) is 0.486. The minimum absolute atomic E-state index is 0.199. The Balaban J connectivity index is 2.09. The van der Waals surface area contributed by atoms with Crippen molar-refractivity contribution in [2.24, 2.45) is 0 Å². The van der Waals surface area contributed by atoms with E-state index >= 15 is 0 Å². The maximum Gasteiger partial charge on any atom is 0.328 e. The Morgan fingerprint density at radius 2 is 1.92 bits per heavy atom. The lowest BCUT2D eigenvalue weighted by Gasteiger charge is -2.17. The molecule has 0 aromatic heterocycles. The molecule has 1 N–H and O–H groups in total. The zero-order valence-electron chi connectivity index (χ0n) is 13.1. The van der Waals surface area contributed by atoms with E-state index in [1.165, 1.54) is 7.11 Å². The molecule has 0 aliphatic heterocycles. The first-order valence-electron chi connectivity index (χ1n) is 7.34. The predicted molar refractivity (Wildman–Crippen MR) is 96.9 cm³/mol. The third kappa shape index (κ3) is 5.35. The molecule has 0 aliphatic rings. The Morgan fingerprint density at radius 3 is 2.58 bits per heavy atom. The molecule has 0 unspecified atom stereocenters. The molecule has 126 valence electrons. The summed E-state index contributed by atoms with van der Waals surface area (Å²) < 4.78 is 5.62. The SMILES string of the molecule is COC(=O)[C@H](Cc1cc(Cl)ccc1Br)NC(=O)Cc1ccccc1. The molecule has 4 nitrogen and oxygen atoms in total. The van der Waals surface area contributed by atoms with Crippen molar-refractivity contribution in [3.8, 4) is 0 Å². The van der Waals surface area contributed by atoms with Gasteiger partial charge in [-0.3, -0.25) is 4.79 Å². The molecule has 0 saturated carbocycles. The van der Waals surface area contributed by atoms with E-state index < -0.39 is 12.0 Å². The van der Waals surface area contributed by atoms with Gasteiger partial charge in [0.05, 0.1) is 13.5 Å². The van der Waals surface area contributed by atoms with Crippen molar-refractivity contribution < 1.29 is 14.3 Å². The first-order valence-corrected chi connectivity index (χ1v) is 8.51. The number of nitrogens with one attached hydrogen (secondary N) is 1. The maximum absolute atomic E-state index is 12.2. The molecule has 0 spiro atoms. The van der Waals surface area contributed by atoms with Crippen LogP contribution in [-0.2, 0) is 27.2 Å². The standard InChI is InChI=1S/C18H17BrClNO3/c1-24-18(23)16(11-13-10-14(20)7-8-15(13)19)21-17(22)9-12-5-3-2-4-6-12/h2-8,10,16H,9,11H2,1H3,(H,21,22)/t16-/m0/s1. The monoisotopic (exact) mass is 409 g/mol. The van der Waals surface area contributed by atoms with Crippen molar-refractivity contribution in [3.63, 3.8) is 0 Å². The van der Waals surface area contributed by atoms with Crippen LogP contribution in [0.25, 0.3) is 0 Å². The molecule has 1 amide bonds. The number of hydrogen-bond acceptors (Lipinski definition) is 3. The number of benzene rings is 2. The highest BCUT2D eigenvalue weighted by molar-refractivity contribution is 9.10. The van der Waals surface area contributed by atoms with Gasteiger partial charge in [0, 0.05) is 15.9 Å². The fourth-order valence-electron chi connectivity index (χ4n) is 2.28. The first-order chi connectivity index (χ1) is 11.5. The summed E-state index contributed by atoms with van der Waals surface area (Å²) >= 11 is 9.43. The summed E-state index contributed by atoms with van der Waals surface area (Å²) in [4.78, 5) is 24.2. The Bertz CT molecular complexity index is 721. The average Bonchev–Trinajstić information content (AvgIpc) is 2.57. The molecule has 0 radical (unpaired) electrons. The Kier molecular flexibility index (Phi) is 6.82. The molecule has 2 rings (SSSR count). The number of esters is 1. The number of hydrogen-bond donors (Lipinski definition) is 1. The number of carbonyl (C=O) groups excluding carboxylic acids is 2. The largest absolute Gasteiger partial charge is 0.467 e. The second-order valence-electron chi connectivity index (χ2n) is 5.25. The fourth-order valence-corrected chi connectivity index (χ4v) is 2.89. The van der Waals surface area contributed by atoms with Gasteiger partial charge >= 0.3 is 5.97 Å². The predicted octanol–water partition coefficient (Wildman–Crippen LogP) is 3.55. The van der Waals surface area contributed by atoms with Crippen LogP contribution in [0.3, 0.4) is 0 Å². The number of amides is 1. The Morgan fingerprint density at radius 1 is 1.21 bits per heavy atom. The summed E-state index contributed by atoms with van der Waals surface area (Å²) in [6.45, 7) is 0. The molecule has 2 aromatic carbocycles. The highest BCUT2D eigenvalue weighted by Gasteiger charge is 2.23. The Hall–Kier alpha value is -1.85. The zero-order chi connectivity index (χ0) is 17.5. The molecule has 0 aliphatic carbocycles. The van der Waals surface area contributed by atoms with Gasteiger partial charge in [0.2, 0.25) is 5.91 Å². The third-order valence-corrected chi connectivity index (χ3v) is 4.47. The van der Waals surface area contributed by atoms with Gasteiger partial charge < -0.3 is 10.1 Å². The average molecular weight is 411 g/mol. The molecule has 0 saturated heterocycles. The zero-order valence-corrected chi connectivity index (χ0v) is 15.4. The topological polar surface area (TPSA) is 55.4 Å². The van der Waals surface area contributed by atoms with E-state index in [0.29, 0.717) is 5.02 Å². The van der Waals surface area contributed by atoms with E-state index in [1.54, 1.807) is 18.2 Å². The molecule has 0 heterocycles. The van der Waals surface area contributed by atoms with Gasteiger partial charge in [0.25, 0.3) is 0 Å². The van der Waals surface area contributed by atoms with Crippen molar-refractivity contribution >= 4 is 39.4 Å². The van der Waals surface area contributed by atoms with E-state index in [0.717, 1.165) is 15.6 Å². The van der Waals surface area contributed by atoms with Crippen molar-refractivity contribution in [2.45, 2.75) is 18.9 Å². The molecule has 6 heteroatoms. The van der Waals surface area contributed by atoms with Crippen LogP contribution in [0.4, 0.5) is 0 Å². The first kappa shape index (κ1) is 18.5. The van der Waals surface area contributed by atoms with E-state index in [1.807, 2.05) is 30.3 Å². The molecule has 24 heavy (non-hydrogen) atoms. The van der Waals surface area contributed by atoms with Crippen LogP contribution in [0, 0.1) is 0 Å². The number of methoxy groups -OCH3 is 1. The lowest BCUT2D eigenvalue weighted by Crippen LogP contribution is -2.43. The highest BCUT2D eigenvalue weighted by Crippen LogP contribution is 2.22. The second-order valence-corrected chi connectivity index (χ2v) is 6.54. The molecule has 2 aromatic rings. The molecular formula is C18H17BrClNO3. The number of rotatable bonds is 6. The van der Waals surface area contributed by atoms with Crippen molar-refractivity contribution in [1.29, 1.82) is 0 Å². The van der Waals surface area contributed by atoms with Crippen LogP contribution < -0.4 is 5.32 Å². The molecule has 0 fully saturated rings. The molecular weight excluding hydrogens is 394 g/mol. The van der Waals surface area contributed by atoms with E-state index in [9.17, 15) is 9.59 Å². The summed E-state index contributed by atoms with van der Waals surface area (Å²) in [6, 6.07) is 13.9. The lowest BCUT2D eigenvalue weighted by molar-refractivity contribution is -0.145. The van der Waals surface area contributed by atoms with Gasteiger partial charge in [-0.1, -0.05) is 57.9 Å². The van der Waals surface area contributed by atoms with Gasteiger partial charge in [-0.25, -0.2) is 4.79 Å². The van der Waals surface area contributed by atoms with Gasteiger partial charge in [-0.05, 0) is 29.3 Å². The van der Waals surface area contributed by atoms with Crippen molar-refractivity contribution in [3.05, 3.63) is 69.2 Å². The summed E-state index contributed by atoms with van der Waals surface area (Å²) in [5.74, 6) is -0.738. The number of ether oxygens (including phenoxy) is 1. The van der Waals surface area contributed by atoms with Crippen LogP contribution in [0.2, 0.25) is 5.02 Å². The van der Waals surface area contributed by atoms with Crippen LogP contribution in [0.5, 0.6) is 0 Å². The minimum atomic E-state index is -0.777. The van der Waals surface area contributed by atoms with E-state index in [-0.39, 0.29) is 18.7 Å². The van der Waals surface area contributed by atoms with Crippen molar-refractivity contribution in [2.75, 3.05) is 7.11 Å². The number of halogens is 2. The second kappa shape index (κ2) is 8.85. The van der Waals surface area contributed by atoms with Crippen molar-refractivity contribution in [1.82, 2.24) is 5.32 Å². The molecule has 0 bridgehead atoms. The summed E-state index contributed by atoms with van der Waals surface area (Å²) in [7, 11) is 1.30. The Labute approximate surface area is 154 Å². The van der Waals surface area contributed by atoms with Crippen LogP contribution in [0.15, 0.2) is 53.0 Å². The van der Waals surface area contributed by atoms with Gasteiger partial charge in [-0.2, -0.15) is 0 Å². The lowest BCUT2D eigenvalue weighted by atomic mass is 10.1. The van der Waals surface area contributed by atoms with Crippen LogP contribution >= 0.6 is 27.5 Å². The minimum Gasteiger partial charge on any atom is -0.467 e. The summed E-state index contributed by atoms with van der Waals surface area (Å²) in [5.41, 5.74) is 1.69. The maximum atomic E-state index is 12.2. The third-order valence-electron chi connectivity index (χ3n) is 3.46. The van der Waals surface area contributed by atoms with Crippen LogP contribution in [0.1, 0.15) is 11.1 Å².